The van der Waals surface area contributed by atoms with Crippen LogP contribution in [0.2, 0.25) is 0 Å². The van der Waals surface area contributed by atoms with E-state index in [1.165, 1.54) is 16.7 Å². The van der Waals surface area contributed by atoms with Crippen molar-refractivity contribution in [3.05, 3.63) is 41.8 Å². The van der Waals surface area contributed by atoms with Crippen molar-refractivity contribution in [3.8, 4) is 0 Å². The minimum atomic E-state index is -1.46. The Morgan fingerprint density at radius 1 is 1.36 bits per heavy atom. The van der Waals surface area contributed by atoms with Gasteiger partial charge < -0.3 is 35.7 Å². The second kappa shape index (κ2) is 12.8. The summed E-state index contributed by atoms with van der Waals surface area (Å²) in [6.45, 7) is 6.74. The zero-order valence-electron chi connectivity index (χ0n) is 23.0. The molecule has 2 aliphatic rings. The van der Waals surface area contributed by atoms with Crippen LogP contribution in [0.4, 0.5) is 5.13 Å². The molecule has 17 heteroatoms. The SMILES string of the molecule is CCNCCCn1cnc2c1ccc[n+]2CC1=C(C(=O)[O-])N2C(=O)C(NC(=O)/C(=N\OCC)c3nsc(N)n3)C2SC1. The number of anilines is 1. The van der Waals surface area contributed by atoms with Crippen LogP contribution < -0.4 is 26.0 Å². The predicted octanol–water partition coefficient (Wildman–Crippen LogP) is -1.40. The van der Waals surface area contributed by atoms with Gasteiger partial charge in [-0.2, -0.15) is 9.36 Å². The van der Waals surface area contributed by atoms with Crippen LogP contribution in [0, 0.1) is 0 Å². The maximum atomic E-state index is 13.2. The smallest absolute Gasteiger partial charge is 0.349 e. The fraction of sp³-hybridized carbons (Fsp3) is 0.440. The van der Waals surface area contributed by atoms with Gasteiger partial charge in [0.1, 0.15) is 30.1 Å². The Labute approximate surface area is 249 Å². The molecule has 42 heavy (non-hydrogen) atoms. The molecule has 0 spiro atoms. The van der Waals surface area contributed by atoms with Gasteiger partial charge >= 0.3 is 5.65 Å². The lowest BCUT2D eigenvalue weighted by molar-refractivity contribution is -0.664. The van der Waals surface area contributed by atoms with Gasteiger partial charge in [0.2, 0.25) is 17.9 Å². The molecule has 0 radical (unpaired) electrons. The summed E-state index contributed by atoms with van der Waals surface area (Å²) < 4.78 is 7.93. The molecule has 15 nitrogen and oxygen atoms in total. The number of hydrogen-bond donors (Lipinski definition) is 3. The fourth-order valence-corrected chi connectivity index (χ4v) is 6.56. The molecule has 4 N–H and O–H groups in total. The molecule has 3 aromatic rings. The number of carboxylic acids is 1. The number of rotatable bonds is 13. The third-order valence-electron chi connectivity index (χ3n) is 6.69. The Morgan fingerprint density at radius 3 is 2.90 bits per heavy atom. The van der Waals surface area contributed by atoms with Crippen molar-refractivity contribution in [1.82, 2.24) is 34.4 Å². The van der Waals surface area contributed by atoms with Gasteiger partial charge in [-0.1, -0.05) is 12.1 Å². The van der Waals surface area contributed by atoms with E-state index in [1.54, 1.807) is 13.3 Å². The fourth-order valence-electron chi connectivity index (χ4n) is 4.79. The molecule has 0 aromatic carbocycles. The number of nitrogen functional groups attached to an aromatic ring is 1. The third kappa shape index (κ3) is 5.79. The first-order valence-electron chi connectivity index (χ1n) is 13.4. The van der Waals surface area contributed by atoms with Gasteiger partial charge in [-0.15, -0.1) is 11.8 Å². The van der Waals surface area contributed by atoms with E-state index in [0.717, 1.165) is 43.1 Å². The van der Waals surface area contributed by atoms with E-state index in [0.29, 0.717) is 17.0 Å². The first kappa shape index (κ1) is 29.4. The number of carbonyl (C=O) groups excluding carboxylic acids is 3. The number of β-lactam (4-membered cyclic amide) rings is 1. The standard InChI is InChI=1S/C25H30N10O5S2/c1-3-27-8-6-10-34-13-28-20-15(34)7-5-9-33(20)11-14-12-41-23-17(22(37)35(23)18(14)24(38)39)29-21(36)16(31-40-4-2)19-30-25(26)42-32-19/h5,7,9,13,17,23,27H,3-4,6,8,10-12H2,1-2H3,(H3-,26,29,30,32,36,38,39)/b31-16-. The normalized spacial score (nSPS) is 18.7. The zero-order chi connectivity index (χ0) is 29.8. The van der Waals surface area contributed by atoms with E-state index in [1.807, 2.05) is 22.9 Å². The first-order valence-corrected chi connectivity index (χ1v) is 15.2. The average Bonchev–Trinajstić information content (AvgIpc) is 3.60. The third-order valence-corrected chi connectivity index (χ3v) is 8.58. The van der Waals surface area contributed by atoms with E-state index in [4.69, 9.17) is 10.6 Å². The number of hydrogen-bond acceptors (Lipinski definition) is 13. The van der Waals surface area contributed by atoms with Crippen molar-refractivity contribution in [1.29, 1.82) is 0 Å². The summed E-state index contributed by atoms with van der Waals surface area (Å²) >= 11 is 2.23. The lowest BCUT2D eigenvalue weighted by Gasteiger charge is -2.50. The molecule has 2 amide bonds. The van der Waals surface area contributed by atoms with Crippen LogP contribution in [-0.4, -0.2) is 84.2 Å². The second-order valence-electron chi connectivity index (χ2n) is 9.40. The number of nitrogens with two attached hydrogens (primary N) is 1. The molecular formula is C25H30N10O5S2. The minimum absolute atomic E-state index is 0.0350. The molecule has 2 unspecified atom stereocenters. The largest absolute Gasteiger partial charge is 0.543 e. The number of carbonyl (C=O) groups is 3. The molecule has 5 rings (SSSR count). The van der Waals surface area contributed by atoms with Crippen LogP contribution in [0.15, 0.2) is 41.1 Å². The molecule has 5 heterocycles. The maximum absolute atomic E-state index is 13.2. The van der Waals surface area contributed by atoms with Crippen LogP contribution in [0.3, 0.4) is 0 Å². The van der Waals surface area contributed by atoms with E-state index in [9.17, 15) is 19.5 Å². The zero-order valence-corrected chi connectivity index (χ0v) is 24.6. The minimum Gasteiger partial charge on any atom is -0.543 e. The van der Waals surface area contributed by atoms with Gasteiger partial charge in [0.05, 0.1) is 17.9 Å². The molecule has 0 saturated carbocycles. The van der Waals surface area contributed by atoms with Crippen LogP contribution in [0.25, 0.3) is 11.2 Å². The van der Waals surface area contributed by atoms with Gasteiger partial charge in [-0.3, -0.25) is 14.5 Å². The summed E-state index contributed by atoms with van der Waals surface area (Å²) in [7, 11) is 0. The number of thioether (sulfide) groups is 1. The summed E-state index contributed by atoms with van der Waals surface area (Å²) in [5.41, 5.74) is 7.35. The van der Waals surface area contributed by atoms with Gasteiger partial charge in [0, 0.05) is 29.4 Å². The highest BCUT2D eigenvalue weighted by Crippen LogP contribution is 2.40. The number of fused-ring (bicyclic) bond motifs is 2. The van der Waals surface area contributed by atoms with Crippen LogP contribution in [-0.2, 0) is 32.3 Å². The number of imidazole rings is 1. The summed E-state index contributed by atoms with van der Waals surface area (Å²) in [6.07, 6.45) is 4.54. The molecule has 0 aliphatic carbocycles. The maximum Gasteiger partial charge on any atom is 0.349 e. The number of aryl methyl sites for hydroxylation is 1. The molecule has 0 bridgehead atoms. The van der Waals surface area contributed by atoms with Gasteiger partial charge in [0.25, 0.3) is 11.8 Å². The van der Waals surface area contributed by atoms with E-state index < -0.39 is 29.2 Å². The quantitative estimate of drug-likeness (QED) is 0.0673. The lowest BCUT2D eigenvalue weighted by atomic mass is 10.0. The molecular weight excluding hydrogens is 584 g/mol. The van der Waals surface area contributed by atoms with Gasteiger partial charge in [-0.25, -0.2) is 4.57 Å². The second-order valence-corrected chi connectivity index (χ2v) is 11.3. The van der Waals surface area contributed by atoms with Crippen LogP contribution >= 0.6 is 23.3 Å². The number of nitrogens with one attached hydrogen (secondary N) is 2. The van der Waals surface area contributed by atoms with Crippen molar-refractivity contribution in [3.63, 3.8) is 0 Å². The van der Waals surface area contributed by atoms with Gasteiger partial charge in [0.15, 0.2) is 5.13 Å². The van der Waals surface area contributed by atoms with E-state index in [2.05, 4.69) is 41.6 Å². The number of nitrogens with zero attached hydrogens (tertiary/aromatic N) is 7. The average molecular weight is 615 g/mol. The van der Waals surface area contributed by atoms with Crippen molar-refractivity contribution >= 4 is 63.1 Å². The van der Waals surface area contributed by atoms with Crippen molar-refractivity contribution in [2.24, 2.45) is 5.16 Å². The number of amides is 2. The summed E-state index contributed by atoms with van der Waals surface area (Å²) in [4.78, 5) is 53.3. The Morgan fingerprint density at radius 2 is 2.19 bits per heavy atom. The molecule has 1 fully saturated rings. The molecule has 222 valence electrons. The van der Waals surface area contributed by atoms with Crippen molar-refractivity contribution in [2.45, 2.75) is 44.8 Å². The number of carboxylic acid groups (broad SMARTS) is 1. The Bertz CT molecular complexity index is 1570. The Hall–Kier alpha value is -4.09. The monoisotopic (exact) mass is 614 g/mol. The number of aliphatic carboxylic acids is 1. The number of oxime groups is 1. The van der Waals surface area contributed by atoms with E-state index in [-0.39, 0.29) is 35.5 Å². The van der Waals surface area contributed by atoms with Crippen molar-refractivity contribution < 1.29 is 28.9 Å². The van der Waals surface area contributed by atoms with Gasteiger partial charge in [-0.05, 0) is 43.6 Å². The predicted molar refractivity (Wildman–Crippen MR) is 153 cm³/mol. The van der Waals surface area contributed by atoms with Crippen molar-refractivity contribution in [2.75, 3.05) is 31.2 Å². The van der Waals surface area contributed by atoms with E-state index >= 15 is 0 Å². The Kier molecular flexibility index (Phi) is 8.98. The van der Waals surface area contributed by atoms with Crippen LogP contribution in [0.5, 0.6) is 0 Å². The lowest BCUT2D eigenvalue weighted by Crippen LogP contribution is -2.71. The van der Waals surface area contributed by atoms with Crippen LogP contribution in [0.1, 0.15) is 26.1 Å². The highest BCUT2D eigenvalue weighted by molar-refractivity contribution is 8.00. The number of aromatic nitrogens is 5. The summed E-state index contributed by atoms with van der Waals surface area (Å²) in [5.74, 6) is -2.51. The summed E-state index contributed by atoms with van der Waals surface area (Å²) in [6, 6.07) is 2.86. The molecule has 1 saturated heterocycles. The molecule has 2 aliphatic heterocycles. The molecule has 2 atom stereocenters. The first-order chi connectivity index (χ1) is 20.3. The highest BCUT2D eigenvalue weighted by Gasteiger charge is 2.53. The Balaban J connectivity index is 1.34. The number of pyridine rings is 1. The topological polar surface area (TPSA) is 197 Å². The highest BCUT2D eigenvalue weighted by atomic mass is 32.2. The summed E-state index contributed by atoms with van der Waals surface area (Å²) in [5, 5.41) is 21.5. The molecule has 3 aromatic heterocycles.